The third-order valence-corrected chi connectivity index (χ3v) is 4.31. The molecule has 1 N–H and O–H groups in total. The smallest absolute Gasteiger partial charge is 0.307 e. The van der Waals surface area contributed by atoms with Gasteiger partial charge in [-0.15, -0.1) is 0 Å². The number of carbonyl (C=O) groups is 1. The van der Waals surface area contributed by atoms with Crippen LogP contribution in [0.4, 0.5) is 0 Å². The number of aliphatic carboxylic acids is 1. The molecule has 2 atom stereocenters. The van der Waals surface area contributed by atoms with E-state index in [0.29, 0.717) is 6.61 Å². The van der Waals surface area contributed by atoms with Crippen LogP contribution in [0.15, 0.2) is 12.1 Å². The lowest BCUT2D eigenvalue weighted by atomic mass is 9.85. The van der Waals surface area contributed by atoms with Crippen molar-refractivity contribution in [2.45, 2.75) is 32.1 Å². The zero-order valence-electron chi connectivity index (χ0n) is 10.1. The van der Waals surface area contributed by atoms with E-state index < -0.39 is 5.97 Å². The van der Waals surface area contributed by atoms with Crippen LogP contribution in [0.25, 0.3) is 0 Å². The predicted molar refractivity (Wildman–Crippen MR) is 63.4 cm³/mol. The van der Waals surface area contributed by atoms with Crippen LogP contribution in [0.3, 0.4) is 0 Å². The summed E-state index contributed by atoms with van der Waals surface area (Å²) in [5.74, 6) is 0.00596. The first-order valence-corrected chi connectivity index (χ1v) is 6.02. The second-order valence-corrected chi connectivity index (χ2v) is 5.28. The molecule has 3 heteroatoms. The number of fused-ring (bicyclic) bond motifs is 2. The SMILES string of the molecule is Cc1cc2c(cc1C)[C@@]1(CCO2)C[C@H]1C(=O)O. The molecule has 90 valence electrons. The van der Waals surface area contributed by atoms with Crippen LogP contribution in [0.1, 0.15) is 29.5 Å². The number of hydrogen-bond acceptors (Lipinski definition) is 2. The molecule has 1 aliphatic carbocycles. The van der Waals surface area contributed by atoms with Crippen LogP contribution in [0, 0.1) is 19.8 Å². The number of aryl methyl sites for hydroxylation is 2. The first kappa shape index (κ1) is 10.6. The molecular formula is C14H16O3. The Balaban J connectivity index is 2.10. The minimum atomic E-state index is -0.670. The molecule has 0 amide bonds. The van der Waals surface area contributed by atoms with E-state index in [1.807, 2.05) is 6.07 Å². The van der Waals surface area contributed by atoms with Crippen molar-refractivity contribution in [1.82, 2.24) is 0 Å². The fourth-order valence-corrected chi connectivity index (χ4v) is 2.98. The van der Waals surface area contributed by atoms with Crippen molar-refractivity contribution in [3.05, 3.63) is 28.8 Å². The fourth-order valence-electron chi connectivity index (χ4n) is 2.98. The molecular weight excluding hydrogens is 216 g/mol. The monoisotopic (exact) mass is 232 g/mol. The summed E-state index contributed by atoms with van der Waals surface area (Å²) in [7, 11) is 0. The summed E-state index contributed by atoms with van der Waals surface area (Å²) in [5.41, 5.74) is 3.38. The van der Waals surface area contributed by atoms with Crippen LogP contribution in [-0.4, -0.2) is 17.7 Å². The zero-order valence-corrected chi connectivity index (χ0v) is 10.1. The highest BCUT2D eigenvalue weighted by Crippen LogP contribution is 2.60. The number of rotatable bonds is 1. The van der Waals surface area contributed by atoms with Gasteiger partial charge in [-0.2, -0.15) is 0 Å². The van der Waals surface area contributed by atoms with Gasteiger partial charge in [0, 0.05) is 11.0 Å². The lowest BCUT2D eigenvalue weighted by Gasteiger charge is -2.27. The fraction of sp³-hybridized carbons (Fsp3) is 0.500. The molecule has 17 heavy (non-hydrogen) atoms. The van der Waals surface area contributed by atoms with Crippen LogP contribution < -0.4 is 4.74 Å². The minimum Gasteiger partial charge on any atom is -0.493 e. The van der Waals surface area contributed by atoms with Gasteiger partial charge in [-0.3, -0.25) is 4.79 Å². The summed E-state index contributed by atoms with van der Waals surface area (Å²) >= 11 is 0. The number of hydrogen-bond donors (Lipinski definition) is 1. The van der Waals surface area contributed by atoms with E-state index in [1.165, 1.54) is 11.1 Å². The van der Waals surface area contributed by atoms with E-state index in [9.17, 15) is 9.90 Å². The number of carboxylic acid groups (broad SMARTS) is 1. The molecule has 1 spiro atoms. The first-order valence-electron chi connectivity index (χ1n) is 6.02. The maximum Gasteiger partial charge on any atom is 0.307 e. The van der Waals surface area contributed by atoms with Crippen LogP contribution in [-0.2, 0) is 10.2 Å². The normalized spacial score (nSPS) is 29.6. The molecule has 0 radical (unpaired) electrons. The van der Waals surface area contributed by atoms with Gasteiger partial charge >= 0.3 is 5.97 Å². The summed E-state index contributed by atoms with van der Waals surface area (Å²) in [4.78, 5) is 11.2. The standard InChI is InChI=1S/C14H16O3/c1-8-5-10-12(6-9(8)2)17-4-3-14(10)7-11(14)13(15)16/h5-6,11H,3-4,7H2,1-2H3,(H,15,16)/t11-,14+/m0/s1. The Bertz CT molecular complexity index is 506. The first-order chi connectivity index (χ1) is 8.04. The van der Waals surface area contributed by atoms with Gasteiger partial charge in [0.1, 0.15) is 5.75 Å². The Morgan fingerprint density at radius 2 is 2.12 bits per heavy atom. The Hall–Kier alpha value is -1.51. The van der Waals surface area contributed by atoms with Gasteiger partial charge in [0.25, 0.3) is 0 Å². The van der Waals surface area contributed by atoms with Gasteiger partial charge in [0.05, 0.1) is 12.5 Å². The van der Waals surface area contributed by atoms with E-state index in [2.05, 4.69) is 19.9 Å². The summed E-state index contributed by atoms with van der Waals surface area (Å²) in [5, 5.41) is 9.18. The molecule has 3 rings (SSSR count). The number of ether oxygens (including phenoxy) is 1. The largest absolute Gasteiger partial charge is 0.493 e. The quantitative estimate of drug-likeness (QED) is 0.808. The summed E-state index contributed by atoms with van der Waals surface area (Å²) in [6, 6.07) is 4.16. The summed E-state index contributed by atoms with van der Waals surface area (Å²) in [6.07, 6.45) is 1.60. The highest BCUT2D eigenvalue weighted by atomic mass is 16.5. The average molecular weight is 232 g/mol. The third kappa shape index (κ3) is 1.38. The lowest BCUT2D eigenvalue weighted by Crippen LogP contribution is -2.24. The van der Waals surface area contributed by atoms with Crippen molar-refractivity contribution >= 4 is 5.97 Å². The predicted octanol–water partition coefficient (Wildman–Crippen LogP) is 2.43. The second-order valence-electron chi connectivity index (χ2n) is 5.28. The Morgan fingerprint density at radius 3 is 2.76 bits per heavy atom. The minimum absolute atomic E-state index is 0.141. The van der Waals surface area contributed by atoms with Gasteiger partial charge in [-0.1, -0.05) is 6.07 Å². The maximum atomic E-state index is 11.2. The molecule has 1 saturated carbocycles. The third-order valence-electron chi connectivity index (χ3n) is 4.31. The van der Waals surface area contributed by atoms with E-state index in [4.69, 9.17) is 4.74 Å². The number of benzene rings is 1. The highest BCUT2D eigenvalue weighted by Gasteiger charge is 2.61. The molecule has 1 aliphatic heterocycles. The molecule has 2 aliphatic rings. The molecule has 1 aromatic carbocycles. The van der Waals surface area contributed by atoms with E-state index in [0.717, 1.165) is 24.2 Å². The second kappa shape index (κ2) is 3.25. The van der Waals surface area contributed by atoms with Crippen molar-refractivity contribution in [2.75, 3.05) is 6.61 Å². The topological polar surface area (TPSA) is 46.5 Å². The molecule has 3 nitrogen and oxygen atoms in total. The number of carboxylic acids is 1. The molecule has 0 unspecified atom stereocenters. The van der Waals surface area contributed by atoms with E-state index >= 15 is 0 Å². The van der Waals surface area contributed by atoms with Gasteiger partial charge in [-0.05, 0) is 43.9 Å². The average Bonchev–Trinajstić information content (AvgIpc) is 2.97. The van der Waals surface area contributed by atoms with Crippen molar-refractivity contribution in [3.63, 3.8) is 0 Å². The van der Waals surface area contributed by atoms with E-state index in [1.54, 1.807) is 0 Å². The van der Waals surface area contributed by atoms with Crippen molar-refractivity contribution in [2.24, 2.45) is 5.92 Å². The Kier molecular flexibility index (Phi) is 2.03. The Labute approximate surface area is 100 Å². The molecule has 1 aromatic rings. The summed E-state index contributed by atoms with van der Waals surface area (Å²) in [6.45, 7) is 4.76. The molecule has 0 aromatic heterocycles. The molecule has 0 saturated heterocycles. The summed E-state index contributed by atoms with van der Waals surface area (Å²) < 4.78 is 5.67. The van der Waals surface area contributed by atoms with Gasteiger partial charge in [0.2, 0.25) is 0 Å². The van der Waals surface area contributed by atoms with Crippen molar-refractivity contribution in [1.29, 1.82) is 0 Å². The van der Waals surface area contributed by atoms with E-state index in [-0.39, 0.29) is 11.3 Å². The van der Waals surface area contributed by atoms with Gasteiger partial charge < -0.3 is 9.84 Å². The zero-order chi connectivity index (χ0) is 12.2. The highest BCUT2D eigenvalue weighted by molar-refractivity contribution is 5.78. The molecule has 1 heterocycles. The van der Waals surface area contributed by atoms with Crippen LogP contribution >= 0.6 is 0 Å². The Morgan fingerprint density at radius 1 is 1.41 bits per heavy atom. The molecule has 0 bridgehead atoms. The van der Waals surface area contributed by atoms with Crippen molar-refractivity contribution in [3.8, 4) is 5.75 Å². The van der Waals surface area contributed by atoms with Gasteiger partial charge in [-0.25, -0.2) is 0 Å². The molecule has 1 fully saturated rings. The van der Waals surface area contributed by atoms with Crippen LogP contribution in [0.5, 0.6) is 5.75 Å². The van der Waals surface area contributed by atoms with Crippen LogP contribution in [0.2, 0.25) is 0 Å². The van der Waals surface area contributed by atoms with Crippen molar-refractivity contribution < 1.29 is 14.6 Å². The lowest BCUT2D eigenvalue weighted by molar-refractivity contribution is -0.139. The maximum absolute atomic E-state index is 11.2. The van der Waals surface area contributed by atoms with Gasteiger partial charge in [0.15, 0.2) is 0 Å².